The van der Waals surface area contributed by atoms with Crippen molar-refractivity contribution in [2.24, 2.45) is 0 Å². The molecule has 0 spiro atoms. The molecule has 0 amide bonds. The van der Waals surface area contributed by atoms with Crippen LogP contribution >= 0.6 is 7.26 Å². The van der Waals surface area contributed by atoms with Crippen molar-refractivity contribution in [2.75, 3.05) is 6.16 Å². The summed E-state index contributed by atoms with van der Waals surface area (Å²) in [6, 6.07) is 36.3. The number of ether oxygens (including phenoxy) is 1. The molecule has 0 saturated carbocycles. The lowest BCUT2D eigenvalue weighted by Gasteiger charge is -2.29. The molecule has 1 unspecified atom stereocenters. The SMILES string of the molecule is CCCc1c(OC(CC)CC[P+](c2ccccc2)(c2ccccc2)c2ccccc2)ccc(C(C)=O)c1O. The molecule has 4 aromatic carbocycles. The largest absolute Gasteiger partial charge is 0.507 e. The number of hydrogen-bond acceptors (Lipinski definition) is 3. The predicted molar refractivity (Wildman–Crippen MR) is 161 cm³/mol. The molecular weight excluding hydrogens is 487 g/mol. The Morgan fingerprint density at radius 3 is 1.71 bits per heavy atom. The van der Waals surface area contributed by atoms with Crippen LogP contribution in [0.25, 0.3) is 0 Å². The number of phenolic OH excluding ortho intramolecular Hbond substituents is 1. The first kappa shape index (κ1) is 27.6. The highest BCUT2D eigenvalue weighted by Gasteiger charge is 2.45. The van der Waals surface area contributed by atoms with Crippen molar-refractivity contribution >= 4 is 29.0 Å². The van der Waals surface area contributed by atoms with Gasteiger partial charge in [-0.15, -0.1) is 0 Å². The van der Waals surface area contributed by atoms with Crippen molar-refractivity contribution in [3.05, 3.63) is 114 Å². The Kier molecular flexibility index (Phi) is 9.37. The molecule has 3 nitrogen and oxygen atoms in total. The Morgan fingerprint density at radius 1 is 0.789 bits per heavy atom. The summed E-state index contributed by atoms with van der Waals surface area (Å²) in [6.45, 7) is 5.71. The van der Waals surface area contributed by atoms with E-state index in [1.807, 2.05) is 6.07 Å². The van der Waals surface area contributed by atoms with Crippen LogP contribution in [-0.4, -0.2) is 23.2 Å². The lowest BCUT2D eigenvalue weighted by atomic mass is 10.0. The third-order valence-corrected chi connectivity index (χ3v) is 11.7. The minimum Gasteiger partial charge on any atom is -0.507 e. The van der Waals surface area contributed by atoms with Gasteiger partial charge in [-0.05, 0) is 68.3 Å². The van der Waals surface area contributed by atoms with Crippen molar-refractivity contribution < 1.29 is 14.6 Å². The third-order valence-electron chi connectivity index (χ3n) is 7.25. The van der Waals surface area contributed by atoms with Crippen molar-refractivity contribution in [2.45, 2.75) is 52.6 Å². The third kappa shape index (κ3) is 5.84. The number of phenols is 1. The van der Waals surface area contributed by atoms with Crippen LogP contribution in [0.2, 0.25) is 0 Å². The molecule has 0 aliphatic carbocycles. The van der Waals surface area contributed by atoms with Gasteiger partial charge in [0.05, 0.1) is 11.7 Å². The first-order chi connectivity index (χ1) is 18.5. The molecule has 0 aliphatic rings. The summed E-state index contributed by atoms with van der Waals surface area (Å²) >= 11 is 0. The molecule has 38 heavy (non-hydrogen) atoms. The maximum atomic E-state index is 12.0. The standard InChI is InChI=1S/C34H37O3P/c1-4-15-32-33(23-22-31(26(3)35)34(32)36)37-27(5-2)24-25-38(28-16-9-6-10-17-28,29-18-11-7-12-19-29)30-20-13-8-14-21-30/h6-14,16-23,27H,4-5,15,24-25H2,1-3H3/p+1. The van der Waals surface area contributed by atoms with Crippen LogP contribution in [0.5, 0.6) is 11.5 Å². The molecule has 0 radical (unpaired) electrons. The van der Waals surface area contributed by atoms with Crippen LogP contribution in [0.3, 0.4) is 0 Å². The first-order valence-electron chi connectivity index (χ1n) is 13.6. The zero-order valence-corrected chi connectivity index (χ0v) is 23.5. The van der Waals surface area contributed by atoms with Gasteiger partial charge in [-0.25, -0.2) is 0 Å². The second-order valence-electron chi connectivity index (χ2n) is 9.72. The Hall–Kier alpha value is -3.42. The number of Topliss-reactive ketones (excluding diaryl/α,β-unsaturated/α-hetero) is 1. The molecule has 0 fully saturated rings. The molecule has 0 saturated heterocycles. The van der Waals surface area contributed by atoms with Gasteiger partial charge in [-0.2, -0.15) is 0 Å². The van der Waals surface area contributed by atoms with E-state index in [4.69, 9.17) is 4.74 Å². The van der Waals surface area contributed by atoms with Crippen LogP contribution in [-0.2, 0) is 6.42 Å². The van der Waals surface area contributed by atoms with Gasteiger partial charge in [0, 0.05) is 12.0 Å². The number of aromatic hydroxyl groups is 1. The van der Waals surface area contributed by atoms with Crippen molar-refractivity contribution in [1.29, 1.82) is 0 Å². The lowest BCUT2D eigenvalue weighted by molar-refractivity contribution is 0.101. The van der Waals surface area contributed by atoms with Gasteiger partial charge in [0.25, 0.3) is 0 Å². The van der Waals surface area contributed by atoms with E-state index < -0.39 is 7.26 Å². The quantitative estimate of drug-likeness (QED) is 0.159. The highest BCUT2D eigenvalue weighted by molar-refractivity contribution is 7.95. The van der Waals surface area contributed by atoms with Crippen molar-refractivity contribution in [1.82, 2.24) is 0 Å². The van der Waals surface area contributed by atoms with Crippen molar-refractivity contribution in [3.8, 4) is 11.5 Å². The van der Waals surface area contributed by atoms with E-state index in [2.05, 4.69) is 105 Å². The minimum absolute atomic E-state index is 0.0244. The smallest absolute Gasteiger partial charge is 0.163 e. The highest BCUT2D eigenvalue weighted by atomic mass is 31.2. The van der Waals surface area contributed by atoms with Gasteiger partial charge in [0.15, 0.2) is 5.78 Å². The Labute approximate surface area is 227 Å². The molecule has 4 rings (SSSR count). The van der Waals surface area contributed by atoms with Gasteiger partial charge < -0.3 is 9.84 Å². The number of hydrogen-bond donors (Lipinski definition) is 1. The van der Waals surface area contributed by atoms with E-state index in [0.29, 0.717) is 17.7 Å². The molecule has 1 N–H and O–H groups in total. The highest BCUT2D eigenvalue weighted by Crippen LogP contribution is 2.56. The van der Waals surface area contributed by atoms with E-state index in [-0.39, 0.29) is 17.6 Å². The van der Waals surface area contributed by atoms with Crippen LogP contribution in [0.1, 0.15) is 56.0 Å². The van der Waals surface area contributed by atoms with Crippen LogP contribution in [0.4, 0.5) is 0 Å². The van der Waals surface area contributed by atoms with Gasteiger partial charge in [-0.1, -0.05) is 74.9 Å². The maximum Gasteiger partial charge on any atom is 0.163 e. The molecule has 196 valence electrons. The molecule has 4 heteroatoms. The Balaban J connectivity index is 1.73. The van der Waals surface area contributed by atoms with Crippen LogP contribution in [0, 0.1) is 0 Å². The molecule has 1 atom stereocenters. The summed E-state index contributed by atoms with van der Waals surface area (Å²) in [4.78, 5) is 12.0. The number of ketones is 1. The Bertz CT molecular complexity index is 1220. The average molecular weight is 526 g/mol. The van der Waals surface area contributed by atoms with Gasteiger partial charge >= 0.3 is 0 Å². The fourth-order valence-corrected chi connectivity index (χ4v) is 9.64. The van der Waals surface area contributed by atoms with E-state index in [0.717, 1.165) is 31.0 Å². The summed E-state index contributed by atoms with van der Waals surface area (Å²) in [7, 11) is -1.95. The minimum atomic E-state index is -1.95. The zero-order valence-electron chi connectivity index (χ0n) is 22.6. The maximum absolute atomic E-state index is 12.0. The molecule has 0 aromatic heterocycles. The summed E-state index contributed by atoms with van der Waals surface area (Å²) in [6.07, 6.45) is 4.16. The summed E-state index contributed by atoms with van der Waals surface area (Å²) < 4.78 is 6.61. The summed E-state index contributed by atoms with van der Waals surface area (Å²) in [5.41, 5.74) is 1.09. The van der Waals surface area contributed by atoms with Crippen molar-refractivity contribution in [3.63, 3.8) is 0 Å². The fraction of sp³-hybridized carbons (Fsp3) is 0.265. The predicted octanol–water partition coefficient (Wildman–Crippen LogP) is 7.09. The van der Waals surface area contributed by atoms with E-state index >= 15 is 0 Å². The van der Waals surface area contributed by atoms with Gasteiger partial charge in [0.1, 0.15) is 40.8 Å². The molecule has 0 aliphatic heterocycles. The number of carbonyl (C=O) groups excluding carboxylic acids is 1. The van der Waals surface area contributed by atoms with E-state index in [1.54, 1.807) is 6.07 Å². The second kappa shape index (κ2) is 12.9. The van der Waals surface area contributed by atoms with E-state index in [9.17, 15) is 9.90 Å². The first-order valence-corrected chi connectivity index (χ1v) is 15.6. The monoisotopic (exact) mass is 525 g/mol. The van der Waals surface area contributed by atoms with E-state index in [1.165, 1.54) is 22.8 Å². The molecule has 0 heterocycles. The van der Waals surface area contributed by atoms with Gasteiger partial charge in [0.2, 0.25) is 0 Å². The Morgan fingerprint density at radius 2 is 1.29 bits per heavy atom. The van der Waals surface area contributed by atoms with Crippen LogP contribution < -0.4 is 20.7 Å². The second-order valence-corrected chi connectivity index (χ2v) is 13.3. The number of benzene rings is 4. The van der Waals surface area contributed by atoms with Gasteiger partial charge in [-0.3, -0.25) is 4.79 Å². The zero-order chi connectivity index (χ0) is 27.0. The average Bonchev–Trinajstić information content (AvgIpc) is 2.96. The summed E-state index contributed by atoms with van der Waals surface area (Å²) in [5.74, 6) is 0.609. The summed E-state index contributed by atoms with van der Waals surface area (Å²) in [5, 5.41) is 15.0. The topological polar surface area (TPSA) is 46.5 Å². The lowest BCUT2D eigenvalue weighted by Crippen LogP contribution is -2.35. The molecular formula is C34H38O3P+. The molecule has 4 aromatic rings. The van der Waals surface area contributed by atoms with Crippen LogP contribution in [0.15, 0.2) is 103 Å². The number of rotatable bonds is 12. The number of carbonyl (C=O) groups is 1. The molecule has 0 bridgehead atoms. The normalized spacial score (nSPS) is 12.2. The fourth-order valence-electron chi connectivity index (χ4n) is 5.25.